The number of nitrogens with two attached hydrogens (primary N) is 1. The van der Waals surface area contributed by atoms with E-state index in [2.05, 4.69) is 34.2 Å². The summed E-state index contributed by atoms with van der Waals surface area (Å²) in [6.07, 6.45) is 3.79. The highest BCUT2D eigenvalue weighted by Gasteiger charge is 2.46. The lowest BCUT2D eigenvalue weighted by atomic mass is 9.76. The summed E-state index contributed by atoms with van der Waals surface area (Å²) < 4.78 is 0. The van der Waals surface area contributed by atoms with Gasteiger partial charge in [-0.1, -0.05) is 30.3 Å². The maximum absolute atomic E-state index is 5.99. The van der Waals surface area contributed by atoms with Crippen molar-refractivity contribution in [1.29, 1.82) is 0 Å². The van der Waals surface area contributed by atoms with Gasteiger partial charge in [-0.05, 0) is 24.8 Å². The molecule has 84 valence electrons. The van der Waals surface area contributed by atoms with Crippen molar-refractivity contribution in [3.63, 3.8) is 0 Å². The first-order chi connectivity index (χ1) is 7.80. The average Bonchev–Trinajstić information content (AvgIpc) is 2.58. The molecule has 0 aromatic heterocycles. The Kier molecular flexibility index (Phi) is 2.13. The lowest BCUT2D eigenvalue weighted by Crippen LogP contribution is -2.55. The number of nitrogens with zero attached hydrogens (tertiary/aromatic N) is 2. The third-order valence-electron chi connectivity index (χ3n) is 3.85. The molecule has 1 aliphatic carbocycles. The van der Waals surface area contributed by atoms with E-state index in [-0.39, 0.29) is 5.54 Å². The van der Waals surface area contributed by atoms with E-state index in [1.54, 1.807) is 0 Å². The molecular weight excluding hydrogens is 198 g/mol. The predicted molar refractivity (Wildman–Crippen MR) is 65.1 cm³/mol. The number of rotatable bonds is 2. The molecule has 0 saturated heterocycles. The molecule has 1 aromatic carbocycles. The van der Waals surface area contributed by atoms with Crippen LogP contribution in [-0.4, -0.2) is 22.9 Å². The maximum Gasteiger partial charge on any atom is 0.192 e. The summed E-state index contributed by atoms with van der Waals surface area (Å²) in [5.41, 5.74) is 7.57. The molecule has 1 saturated carbocycles. The lowest BCUT2D eigenvalue weighted by Gasteiger charge is -2.46. The summed E-state index contributed by atoms with van der Waals surface area (Å²) in [6, 6.07) is 10.5. The topological polar surface area (TPSA) is 41.6 Å². The molecule has 0 unspecified atom stereocenters. The molecule has 0 amide bonds. The van der Waals surface area contributed by atoms with E-state index in [0.717, 1.165) is 19.0 Å². The predicted octanol–water partition coefficient (Wildman–Crippen LogP) is 1.74. The quantitative estimate of drug-likeness (QED) is 0.816. The van der Waals surface area contributed by atoms with Gasteiger partial charge < -0.3 is 10.6 Å². The number of hydrogen-bond donors (Lipinski definition) is 1. The van der Waals surface area contributed by atoms with E-state index >= 15 is 0 Å². The van der Waals surface area contributed by atoms with Crippen LogP contribution in [0.4, 0.5) is 0 Å². The lowest BCUT2D eigenvalue weighted by molar-refractivity contribution is 0.0955. The Morgan fingerprint density at radius 1 is 1.25 bits per heavy atom. The van der Waals surface area contributed by atoms with Crippen molar-refractivity contribution in [1.82, 2.24) is 4.90 Å². The van der Waals surface area contributed by atoms with Crippen LogP contribution in [0.15, 0.2) is 35.3 Å². The van der Waals surface area contributed by atoms with Gasteiger partial charge in [0.05, 0.1) is 12.1 Å². The third-order valence-corrected chi connectivity index (χ3v) is 3.85. The van der Waals surface area contributed by atoms with Crippen LogP contribution in [-0.2, 0) is 6.54 Å². The van der Waals surface area contributed by atoms with E-state index in [1.807, 2.05) is 6.07 Å². The summed E-state index contributed by atoms with van der Waals surface area (Å²) in [6.45, 7) is 1.79. The van der Waals surface area contributed by atoms with Crippen LogP contribution in [0.2, 0.25) is 0 Å². The molecule has 1 spiro atoms. The normalized spacial score (nSPS) is 22.0. The van der Waals surface area contributed by atoms with Gasteiger partial charge in [0.25, 0.3) is 0 Å². The minimum atomic E-state index is 0.264. The molecule has 2 aliphatic rings. The van der Waals surface area contributed by atoms with Crippen LogP contribution in [0.5, 0.6) is 0 Å². The molecule has 1 aromatic rings. The van der Waals surface area contributed by atoms with E-state index in [4.69, 9.17) is 5.73 Å². The van der Waals surface area contributed by atoms with Gasteiger partial charge >= 0.3 is 0 Å². The van der Waals surface area contributed by atoms with Crippen molar-refractivity contribution in [2.45, 2.75) is 31.3 Å². The van der Waals surface area contributed by atoms with Gasteiger partial charge in [0.15, 0.2) is 5.96 Å². The Morgan fingerprint density at radius 3 is 2.62 bits per heavy atom. The van der Waals surface area contributed by atoms with E-state index in [9.17, 15) is 0 Å². The molecule has 0 atom stereocenters. The molecule has 1 heterocycles. The number of aliphatic imine (C=N–C) groups is 1. The number of guanidine groups is 1. The minimum absolute atomic E-state index is 0.264. The zero-order valence-corrected chi connectivity index (χ0v) is 9.39. The summed E-state index contributed by atoms with van der Waals surface area (Å²) >= 11 is 0. The SMILES string of the molecule is NC1=NCC2(CCC2)N1Cc1ccccc1. The first-order valence-electron chi connectivity index (χ1n) is 5.92. The molecule has 16 heavy (non-hydrogen) atoms. The Bertz CT molecular complexity index is 406. The molecule has 0 bridgehead atoms. The van der Waals surface area contributed by atoms with Crippen LogP contribution in [0.25, 0.3) is 0 Å². The second-order valence-electron chi connectivity index (χ2n) is 4.82. The van der Waals surface area contributed by atoms with Gasteiger partial charge in [-0.15, -0.1) is 0 Å². The van der Waals surface area contributed by atoms with Crippen molar-refractivity contribution in [3.8, 4) is 0 Å². The van der Waals surface area contributed by atoms with Crippen molar-refractivity contribution >= 4 is 5.96 Å². The fraction of sp³-hybridized carbons (Fsp3) is 0.462. The average molecular weight is 215 g/mol. The van der Waals surface area contributed by atoms with Crippen LogP contribution in [0, 0.1) is 0 Å². The smallest absolute Gasteiger partial charge is 0.192 e. The third kappa shape index (κ3) is 1.39. The zero-order valence-electron chi connectivity index (χ0n) is 9.39. The summed E-state index contributed by atoms with van der Waals surface area (Å²) in [5, 5.41) is 0. The molecule has 3 rings (SSSR count). The van der Waals surface area contributed by atoms with Gasteiger partial charge in [0, 0.05) is 6.54 Å². The summed E-state index contributed by atoms with van der Waals surface area (Å²) in [7, 11) is 0. The van der Waals surface area contributed by atoms with Crippen LogP contribution < -0.4 is 5.73 Å². The van der Waals surface area contributed by atoms with E-state index in [0.29, 0.717) is 0 Å². The van der Waals surface area contributed by atoms with Gasteiger partial charge in [-0.2, -0.15) is 0 Å². The maximum atomic E-state index is 5.99. The highest BCUT2D eigenvalue weighted by Crippen LogP contribution is 2.41. The van der Waals surface area contributed by atoms with Crippen LogP contribution >= 0.6 is 0 Å². The highest BCUT2D eigenvalue weighted by atomic mass is 15.4. The van der Waals surface area contributed by atoms with Gasteiger partial charge in [-0.25, -0.2) is 0 Å². The van der Waals surface area contributed by atoms with Gasteiger partial charge in [0.2, 0.25) is 0 Å². The van der Waals surface area contributed by atoms with Crippen molar-refractivity contribution < 1.29 is 0 Å². The fourth-order valence-electron chi connectivity index (χ4n) is 2.67. The Balaban J connectivity index is 1.80. The van der Waals surface area contributed by atoms with E-state index in [1.165, 1.54) is 24.8 Å². The molecule has 2 N–H and O–H groups in total. The van der Waals surface area contributed by atoms with Crippen molar-refractivity contribution in [2.24, 2.45) is 10.7 Å². The second-order valence-corrected chi connectivity index (χ2v) is 4.82. The first kappa shape index (κ1) is 9.70. The second kappa shape index (κ2) is 3.51. The Morgan fingerprint density at radius 2 is 2.00 bits per heavy atom. The molecule has 1 fully saturated rings. The number of benzene rings is 1. The molecule has 3 heteroatoms. The standard InChI is InChI=1S/C13H17N3/c14-12-15-10-13(7-4-8-13)16(12)9-11-5-2-1-3-6-11/h1-3,5-6H,4,7-10H2,(H2,14,15). The zero-order chi connectivity index (χ0) is 11.0. The van der Waals surface area contributed by atoms with Crippen molar-refractivity contribution in [2.75, 3.05) is 6.54 Å². The molecule has 1 aliphatic heterocycles. The monoisotopic (exact) mass is 215 g/mol. The summed E-state index contributed by atoms with van der Waals surface area (Å²) in [5.74, 6) is 0.726. The molecule has 3 nitrogen and oxygen atoms in total. The highest BCUT2D eigenvalue weighted by molar-refractivity contribution is 5.81. The van der Waals surface area contributed by atoms with E-state index < -0.39 is 0 Å². The van der Waals surface area contributed by atoms with Gasteiger partial charge in [-0.3, -0.25) is 4.99 Å². The Labute approximate surface area is 96.0 Å². The van der Waals surface area contributed by atoms with Gasteiger partial charge in [0.1, 0.15) is 0 Å². The van der Waals surface area contributed by atoms with Crippen LogP contribution in [0.3, 0.4) is 0 Å². The fourth-order valence-corrected chi connectivity index (χ4v) is 2.67. The molecular formula is C13H17N3. The number of hydrogen-bond acceptors (Lipinski definition) is 3. The summed E-state index contributed by atoms with van der Waals surface area (Å²) in [4.78, 5) is 6.71. The Hall–Kier alpha value is -1.51. The largest absolute Gasteiger partial charge is 0.370 e. The molecule has 0 radical (unpaired) electrons. The first-order valence-corrected chi connectivity index (χ1v) is 5.92. The van der Waals surface area contributed by atoms with Crippen molar-refractivity contribution in [3.05, 3.63) is 35.9 Å². The minimum Gasteiger partial charge on any atom is -0.370 e. The van der Waals surface area contributed by atoms with Crippen LogP contribution in [0.1, 0.15) is 24.8 Å².